The Morgan fingerprint density at radius 3 is 2.16 bits per heavy atom. The van der Waals surface area contributed by atoms with Crippen LogP contribution in [0.25, 0.3) is 0 Å². The van der Waals surface area contributed by atoms with E-state index in [1.165, 1.54) is 36.2 Å². The molecule has 0 saturated carbocycles. The molecular formula is C28H32ClN3O4S. The highest BCUT2D eigenvalue weighted by Crippen LogP contribution is 2.28. The molecular weight excluding hydrogens is 510 g/mol. The molecule has 1 atom stereocenters. The third kappa shape index (κ3) is 6.90. The van der Waals surface area contributed by atoms with E-state index in [4.69, 9.17) is 11.6 Å². The number of halogens is 1. The number of nitrogens with zero attached hydrogens (tertiary/aromatic N) is 2. The van der Waals surface area contributed by atoms with Gasteiger partial charge in [0.1, 0.15) is 12.6 Å². The molecule has 0 spiro atoms. The van der Waals surface area contributed by atoms with Crippen molar-refractivity contribution < 1.29 is 18.0 Å². The number of likely N-dealkylation sites (N-methyl/N-ethyl adjacent to an activating group) is 1. The van der Waals surface area contributed by atoms with Crippen molar-refractivity contribution in [1.29, 1.82) is 0 Å². The van der Waals surface area contributed by atoms with Crippen LogP contribution in [0.15, 0.2) is 83.8 Å². The smallest absolute Gasteiger partial charge is 0.264 e. The van der Waals surface area contributed by atoms with E-state index < -0.39 is 28.5 Å². The highest BCUT2D eigenvalue weighted by atomic mass is 35.5. The molecule has 3 aromatic carbocycles. The summed E-state index contributed by atoms with van der Waals surface area (Å²) in [5, 5.41) is 3.03. The van der Waals surface area contributed by atoms with Crippen molar-refractivity contribution in [3.8, 4) is 0 Å². The third-order valence-corrected chi connectivity index (χ3v) is 8.21. The quantitative estimate of drug-likeness (QED) is 0.389. The van der Waals surface area contributed by atoms with Crippen LogP contribution < -0.4 is 9.62 Å². The van der Waals surface area contributed by atoms with Crippen LogP contribution in [-0.4, -0.2) is 51.3 Å². The molecule has 0 aliphatic heterocycles. The summed E-state index contributed by atoms with van der Waals surface area (Å²) in [6.45, 7) is 3.42. The molecule has 3 aromatic rings. The van der Waals surface area contributed by atoms with Gasteiger partial charge < -0.3 is 10.2 Å². The average molecular weight is 542 g/mol. The minimum absolute atomic E-state index is 0.0159. The van der Waals surface area contributed by atoms with Gasteiger partial charge in [-0.1, -0.05) is 67.1 Å². The van der Waals surface area contributed by atoms with E-state index in [9.17, 15) is 18.0 Å². The average Bonchev–Trinajstić information content (AvgIpc) is 2.90. The first-order valence-corrected chi connectivity index (χ1v) is 13.9. The SMILES string of the molecule is CC[C@H](C(=O)NC)N(CCc1ccccc1)C(=O)CN(c1ccccc1C)S(=O)(=O)c1ccc(Cl)cc1. The summed E-state index contributed by atoms with van der Waals surface area (Å²) >= 11 is 5.98. The van der Waals surface area contributed by atoms with E-state index in [1.54, 1.807) is 31.2 Å². The van der Waals surface area contributed by atoms with Gasteiger partial charge in [0.25, 0.3) is 10.0 Å². The van der Waals surface area contributed by atoms with Crippen molar-refractivity contribution in [1.82, 2.24) is 10.2 Å². The molecule has 1 N–H and O–H groups in total. The number of aryl methyl sites for hydroxylation is 1. The predicted octanol–water partition coefficient (Wildman–Crippen LogP) is 4.44. The number of rotatable bonds is 11. The number of hydrogen-bond acceptors (Lipinski definition) is 4. The van der Waals surface area contributed by atoms with Crippen LogP contribution in [-0.2, 0) is 26.0 Å². The lowest BCUT2D eigenvalue weighted by molar-refractivity contribution is -0.139. The fraction of sp³-hybridized carbons (Fsp3) is 0.286. The van der Waals surface area contributed by atoms with Crippen molar-refractivity contribution in [2.24, 2.45) is 0 Å². The van der Waals surface area contributed by atoms with Crippen LogP contribution in [0, 0.1) is 6.92 Å². The van der Waals surface area contributed by atoms with Crippen LogP contribution in [0.4, 0.5) is 5.69 Å². The fourth-order valence-electron chi connectivity index (χ4n) is 4.15. The van der Waals surface area contributed by atoms with Crippen LogP contribution >= 0.6 is 11.6 Å². The van der Waals surface area contributed by atoms with E-state index in [0.29, 0.717) is 29.1 Å². The molecule has 0 fully saturated rings. The molecule has 0 aliphatic rings. The fourth-order valence-corrected chi connectivity index (χ4v) is 5.76. The predicted molar refractivity (Wildman–Crippen MR) is 147 cm³/mol. The zero-order chi connectivity index (χ0) is 27.0. The van der Waals surface area contributed by atoms with E-state index in [0.717, 1.165) is 9.87 Å². The summed E-state index contributed by atoms with van der Waals surface area (Å²) in [5.74, 6) is -0.765. The number of carbonyl (C=O) groups excluding carboxylic acids is 2. The molecule has 0 saturated heterocycles. The molecule has 7 nitrogen and oxygen atoms in total. The van der Waals surface area contributed by atoms with Gasteiger partial charge in [0, 0.05) is 18.6 Å². The first kappa shape index (κ1) is 28.2. The minimum Gasteiger partial charge on any atom is -0.357 e. The number of para-hydroxylation sites is 1. The first-order chi connectivity index (χ1) is 17.7. The van der Waals surface area contributed by atoms with Gasteiger partial charge >= 0.3 is 0 Å². The lowest BCUT2D eigenvalue weighted by Gasteiger charge is -2.33. The van der Waals surface area contributed by atoms with Crippen LogP contribution in [0.5, 0.6) is 0 Å². The van der Waals surface area contributed by atoms with Gasteiger partial charge in [-0.2, -0.15) is 0 Å². The monoisotopic (exact) mass is 541 g/mol. The lowest BCUT2D eigenvalue weighted by atomic mass is 10.1. The largest absolute Gasteiger partial charge is 0.357 e. The second kappa shape index (κ2) is 12.7. The number of nitrogens with one attached hydrogen (secondary N) is 1. The van der Waals surface area contributed by atoms with Gasteiger partial charge in [-0.15, -0.1) is 0 Å². The number of benzene rings is 3. The summed E-state index contributed by atoms with van der Waals surface area (Å²) in [7, 11) is -2.60. The second-order valence-corrected chi connectivity index (χ2v) is 10.9. The summed E-state index contributed by atoms with van der Waals surface area (Å²) in [6, 6.07) is 21.7. The normalized spacial score (nSPS) is 12.0. The van der Waals surface area contributed by atoms with E-state index in [-0.39, 0.29) is 17.3 Å². The Kier molecular flexibility index (Phi) is 9.72. The maximum absolute atomic E-state index is 13.8. The van der Waals surface area contributed by atoms with Gasteiger partial charge in [0.2, 0.25) is 11.8 Å². The molecule has 0 unspecified atom stereocenters. The Hall–Kier alpha value is -3.36. The van der Waals surface area contributed by atoms with Gasteiger partial charge in [0.05, 0.1) is 10.6 Å². The standard InChI is InChI=1S/C28H32ClN3O4S/c1-4-25(28(34)30-3)31(19-18-22-11-6-5-7-12-22)27(33)20-32(26-13-9-8-10-21(26)2)37(35,36)24-16-14-23(29)15-17-24/h5-17,25H,4,18-20H2,1-3H3,(H,30,34)/t25-/m1/s1. The number of anilines is 1. The number of amides is 2. The minimum atomic E-state index is -4.12. The Labute approximate surface area is 224 Å². The van der Waals surface area contributed by atoms with Crippen molar-refractivity contribution in [3.05, 3.63) is 95.0 Å². The summed E-state index contributed by atoms with van der Waals surface area (Å²) in [6.07, 6.45) is 0.906. The Morgan fingerprint density at radius 1 is 0.946 bits per heavy atom. The van der Waals surface area contributed by atoms with Gasteiger partial charge in [-0.25, -0.2) is 8.42 Å². The summed E-state index contributed by atoms with van der Waals surface area (Å²) in [5.41, 5.74) is 2.10. The Bertz CT molecular complexity index is 1310. The molecule has 3 rings (SSSR count). The molecule has 9 heteroatoms. The lowest BCUT2D eigenvalue weighted by Crippen LogP contribution is -2.52. The topological polar surface area (TPSA) is 86.8 Å². The summed E-state index contributed by atoms with van der Waals surface area (Å²) < 4.78 is 28.7. The maximum atomic E-state index is 13.8. The number of carbonyl (C=O) groups is 2. The van der Waals surface area contributed by atoms with Gasteiger partial charge in [-0.05, 0) is 61.2 Å². The van der Waals surface area contributed by atoms with Gasteiger partial charge in [-0.3, -0.25) is 13.9 Å². The van der Waals surface area contributed by atoms with E-state index in [1.807, 2.05) is 37.3 Å². The summed E-state index contributed by atoms with van der Waals surface area (Å²) in [4.78, 5) is 28.0. The Balaban J connectivity index is 2.01. The molecule has 196 valence electrons. The van der Waals surface area contributed by atoms with Crippen molar-refractivity contribution in [2.75, 3.05) is 24.4 Å². The van der Waals surface area contributed by atoms with Crippen LogP contribution in [0.1, 0.15) is 24.5 Å². The molecule has 0 aromatic heterocycles. The number of sulfonamides is 1. The van der Waals surface area contributed by atoms with E-state index in [2.05, 4.69) is 5.32 Å². The molecule has 0 aliphatic carbocycles. The first-order valence-electron chi connectivity index (χ1n) is 12.1. The maximum Gasteiger partial charge on any atom is 0.264 e. The molecule has 0 bridgehead atoms. The van der Waals surface area contributed by atoms with Crippen LogP contribution in [0.2, 0.25) is 5.02 Å². The molecule has 0 radical (unpaired) electrons. The highest BCUT2D eigenvalue weighted by Gasteiger charge is 2.33. The second-order valence-electron chi connectivity index (χ2n) is 8.61. The van der Waals surface area contributed by atoms with Crippen LogP contribution in [0.3, 0.4) is 0 Å². The Morgan fingerprint density at radius 2 is 1.57 bits per heavy atom. The van der Waals surface area contributed by atoms with Gasteiger partial charge in [0.15, 0.2) is 0 Å². The van der Waals surface area contributed by atoms with E-state index >= 15 is 0 Å². The van der Waals surface area contributed by atoms with Crippen molar-refractivity contribution in [2.45, 2.75) is 37.6 Å². The highest BCUT2D eigenvalue weighted by molar-refractivity contribution is 7.92. The molecule has 2 amide bonds. The number of hydrogen-bond donors (Lipinski definition) is 1. The zero-order valence-electron chi connectivity index (χ0n) is 21.2. The zero-order valence-corrected chi connectivity index (χ0v) is 22.8. The van der Waals surface area contributed by atoms with Crippen molar-refractivity contribution >= 4 is 39.1 Å². The third-order valence-electron chi connectivity index (χ3n) is 6.18. The molecule has 0 heterocycles. The van der Waals surface area contributed by atoms with Crippen molar-refractivity contribution in [3.63, 3.8) is 0 Å². The molecule has 37 heavy (non-hydrogen) atoms.